The second-order valence-corrected chi connectivity index (χ2v) is 10.8. The van der Waals surface area contributed by atoms with Crippen LogP contribution in [0.5, 0.6) is 0 Å². The minimum absolute atomic E-state index is 0.0364. The fourth-order valence-electron chi connectivity index (χ4n) is 5.10. The first-order valence-electron chi connectivity index (χ1n) is 12.2. The van der Waals surface area contributed by atoms with Gasteiger partial charge in [0.25, 0.3) is 5.91 Å². The number of hydrogen-bond acceptors (Lipinski definition) is 4. The lowest BCUT2D eigenvalue weighted by Gasteiger charge is -2.37. The van der Waals surface area contributed by atoms with Gasteiger partial charge in [-0.2, -0.15) is 0 Å². The number of hydrogen-bond donors (Lipinski definition) is 1. The van der Waals surface area contributed by atoms with Crippen LogP contribution in [-0.2, 0) is 6.54 Å². The van der Waals surface area contributed by atoms with E-state index in [4.69, 9.17) is 11.6 Å². The molecule has 0 spiro atoms. The third-order valence-corrected chi connectivity index (χ3v) is 8.71. The summed E-state index contributed by atoms with van der Waals surface area (Å²) >= 11 is 8.25. The van der Waals surface area contributed by atoms with Crippen LogP contribution in [0, 0.1) is 6.92 Å². The molecule has 1 aliphatic rings. The van der Waals surface area contributed by atoms with E-state index < -0.39 is 0 Å². The van der Waals surface area contributed by atoms with E-state index in [0.29, 0.717) is 22.5 Å². The second-order valence-electron chi connectivity index (χ2n) is 9.35. The molecule has 35 heavy (non-hydrogen) atoms. The van der Waals surface area contributed by atoms with Gasteiger partial charge in [0.2, 0.25) is 0 Å². The number of pyridine rings is 1. The van der Waals surface area contributed by atoms with Crippen molar-refractivity contribution in [3.8, 4) is 11.1 Å². The number of aryl methyl sites for hydroxylation is 1. The number of benzene rings is 2. The van der Waals surface area contributed by atoms with Gasteiger partial charge in [-0.25, -0.2) is 0 Å². The molecule has 1 amide bonds. The van der Waals surface area contributed by atoms with Crippen molar-refractivity contribution in [2.24, 2.45) is 0 Å². The lowest BCUT2D eigenvalue weighted by molar-refractivity contribution is 0.0606. The largest absolute Gasteiger partial charge is 0.331 e. The molecule has 2 aromatic carbocycles. The Kier molecular flexibility index (Phi) is 7.19. The summed E-state index contributed by atoms with van der Waals surface area (Å²) in [5.74, 6) is 0.0364. The number of fused-ring (bicyclic) bond motifs is 1. The minimum atomic E-state index is 0.0364. The van der Waals surface area contributed by atoms with Crippen molar-refractivity contribution in [1.82, 2.24) is 15.2 Å². The van der Waals surface area contributed by atoms with Gasteiger partial charge in [-0.1, -0.05) is 48.0 Å². The van der Waals surface area contributed by atoms with E-state index in [9.17, 15) is 4.79 Å². The van der Waals surface area contributed by atoms with Crippen molar-refractivity contribution in [3.63, 3.8) is 0 Å². The van der Waals surface area contributed by atoms with Gasteiger partial charge >= 0.3 is 0 Å². The van der Waals surface area contributed by atoms with E-state index >= 15 is 0 Å². The number of carbonyl (C=O) groups excluding carboxylic acids is 1. The maximum Gasteiger partial charge on any atom is 0.266 e. The van der Waals surface area contributed by atoms with Gasteiger partial charge in [0.1, 0.15) is 4.88 Å². The van der Waals surface area contributed by atoms with E-state index in [-0.39, 0.29) is 11.9 Å². The quantitative estimate of drug-likeness (QED) is 0.305. The summed E-state index contributed by atoms with van der Waals surface area (Å²) < 4.78 is 1.05. The number of carbonyl (C=O) groups is 1. The Labute approximate surface area is 216 Å². The van der Waals surface area contributed by atoms with Gasteiger partial charge in [0.15, 0.2) is 0 Å². The smallest absolute Gasteiger partial charge is 0.266 e. The molecule has 1 fully saturated rings. The van der Waals surface area contributed by atoms with Crippen LogP contribution in [0.15, 0.2) is 66.9 Å². The second kappa shape index (κ2) is 10.5. The molecule has 0 atom stereocenters. The van der Waals surface area contributed by atoms with Gasteiger partial charge in [0, 0.05) is 40.6 Å². The van der Waals surface area contributed by atoms with Crippen LogP contribution in [-0.4, -0.2) is 34.9 Å². The molecule has 0 bridgehead atoms. The predicted molar refractivity (Wildman–Crippen MR) is 146 cm³/mol. The fourth-order valence-corrected chi connectivity index (χ4v) is 6.56. The standard InChI is InChI=1S/C29H30ClN3OS/c1-19-16-22(14-15-32-19)21-7-5-6-20(17-21)18-33(24-12-10-23(31-2)11-13-24)29(34)28-27(30)25-8-3-4-9-26(25)35-28/h3-9,14-17,23-24,31H,10-13,18H2,1-2H3/t23-,24-. The molecule has 1 N–H and O–H groups in total. The molecule has 0 unspecified atom stereocenters. The van der Waals surface area contributed by atoms with E-state index in [0.717, 1.165) is 58.2 Å². The van der Waals surface area contributed by atoms with Crippen LogP contribution in [0.1, 0.15) is 46.6 Å². The highest BCUT2D eigenvalue weighted by Crippen LogP contribution is 2.37. The van der Waals surface area contributed by atoms with Crippen molar-refractivity contribution in [2.75, 3.05) is 7.05 Å². The maximum atomic E-state index is 14.0. The molecule has 0 saturated heterocycles. The molecular formula is C29H30ClN3OS. The predicted octanol–water partition coefficient (Wildman–Crippen LogP) is 7.10. The Morgan fingerprint density at radius 2 is 1.83 bits per heavy atom. The molecule has 1 saturated carbocycles. The molecule has 5 rings (SSSR count). The van der Waals surface area contributed by atoms with Crippen LogP contribution in [0.25, 0.3) is 21.2 Å². The highest BCUT2D eigenvalue weighted by atomic mass is 35.5. The van der Waals surface area contributed by atoms with Gasteiger partial charge in [-0.3, -0.25) is 9.78 Å². The SMILES string of the molecule is CN[C@H]1CC[C@H](N(Cc2cccc(-c3ccnc(C)c3)c2)C(=O)c2sc3ccccc3c2Cl)CC1. The van der Waals surface area contributed by atoms with Crippen LogP contribution in [0.3, 0.4) is 0 Å². The van der Waals surface area contributed by atoms with Crippen molar-refractivity contribution in [2.45, 2.75) is 51.2 Å². The molecule has 1 aliphatic carbocycles. The minimum Gasteiger partial charge on any atom is -0.331 e. The number of aromatic nitrogens is 1. The Balaban J connectivity index is 1.48. The zero-order chi connectivity index (χ0) is 24.4. The fraction of sp³-hybridized carbons (Fsp3) is 0.310. The first-order valence-corrected chi connectivity index (χ1v) is 13.4. The monoisotopic (exact) mass is 503 g/mol. The number of nitrogens with zero attached hydrogens (tertiary/aromatic N) is 2. The summed E-state index contributed by atoms with van der Waals surface area (Å²) in [6, 6.07) is 21.3. The Bertz CT molecular complexity index is 1340. The molecule has 0 radical (unpaired) electrons. The van der Waals surface area contributed by atoms with E-state index in [1.807, 2.05) is 50.5 Å². The van der Waals surface area contributed by atoms with Gasteiger partial charge < -0.3 is 10.2 Å². The van der Waals surface area contributed by atoms with Crippen LogP contribution >= 0.6 is 22.9 Å². The number of nitrogens with one attached hydrogen (secondary N) is 1. The summed E-state index contributed by atoms with van der Waals surface area (Å²) in [7, 11) is 2.03. The number of thiophene rings is 1. The van der Waals surface area contributed by atoms with Gasteiger partial charge in [0.05, 0.1) is 5.02 Å². The highest BCUT2D eigenvalue weighted by molar-refractivity contribution is 7.21. The zero-order valence-corrected chi connectivity index (χ0v) is 21.7. The van der Waals surface area contributed by atoms with Crippen molar-refractivity contribution in [1.29, 1.82) is 0 Å². The molecule has 2 heterocycles. The van der Waals surface area contributed by atoms with E-state index in [1.54, 1.807) is 0 Å². The van der Waals surface area contributed by atoms with E-state index in [1.165, 1.54) is 11.3 Å². The Morgan fingerprint density at radius 1 is 1.06 bits per heavy atom. The normalized spacial score (nSPS) is 18.0. The molecular weight excluding hydrogens is 474 g/mol. The average molecular weight is 504 g/mol. The number of halogens is 1. The topological polar surface area (TPSA) is 45.2 Å². The van der Waals surface area contributed by atoms with Crippen LogP contribution in [0.4, 0.5) is 0 Å². The van der Waals surface area contributed by atoms with E-state index in [2.05, 4.69) is 45.5 Å². The van der Waals surface area contributed by atoms with Crippen molar-refractivity contribution < 1.29 is 4.79 Å². The Morgan fingerprint density at radius 3 is 2.57 bits per heavy atom. The molecule has 4 nitrogen and oxygen atoms in total. The summed E-state index contributed by atoms with van der Waals surface area (Å²) in [6.07, 6.45) is 5.96. The molecule has 180 valence electrons. The molecule has 0 aliphatic heterocycles. The van der Waals surface area contributed by atoms with Gasteiger partial charge in [-0.05, 0) is 80.6 Å². The number of rotatable bonds is 6. The summed E-state index contributed by atoms with van der Waals surface area (Å²) in [5, 5.41) is 4.93. The first-order chi connectivity index (χ1) is 17.0. The third-order valence-electron chi connectivity index (χ3n) is 7.05. The Hall–Kier alpha value is -2.73. The van der Waals surface area contributed by atoms with Crippen molar-refractivity contribution >= 4 is 38.9 Å². The lowest BCUT2D eigenvalue weighted by atomic mass is 9.89. The molecule has 6 heteroatoms. The summed E-state index contributed by atoms with van der Waals surface area (Å²) in [6.45, 7) is 2.57. The van der Waals surface area contributed by atoms with Crippen LogP contribution in [0.2, 0.25) is 5.02 Å². The highest BCUT2D eigenvalue weighted by Gasteiger charge is 2.31. The lowest BCUT2D eigenvalue weighted by Crippen LogP contribution is -2.44. The summed E-state index contributed by atoms with van der Waals surface area (Å²) in [4.78, 5) is 21.1. The summed E-state index contributed by atoms with van der Waals surface area (Å²) in [5.41, 5.74) is 4.39. The number of amides is 1. The average Bonchev–Trinajstić information content (AvgIpc) is 3.23. The third kappa shape index (κ3) is 5.13. The van der Waals surface area contributed by atoms with Crippen LogP contribution < -0.4 is 5.32 Å². The first kappa shape index (κ1) is 24.0. The molecule has 4 aromatic rings. The van der Waals surface area contributed by atoms with Gasteiger partial charge in [-0.15, -0.1) is 11.3 Å². The van der Waals surface area contributed by atoms with Crippen molar-refractivity contribution in [3.05, 3.63) is 88.0 Å². The zero-order valence-electron chi connectivity index (χ0n) is 20.1. The maximum absolute atomic E-state index is 14.0. The molecule has 2 aromatic heterocycles.